The number of hydrogen-bond donors (Lipinski definition) is 2. The Labute approximate surface area is 185 Å². The molecule has 2 N–H and O–H groups in total. The van der Waals surface area contributed by atoms with E-state index in [4.69, 9.17) is 9.73 Å². The highest BCUT2D eigenvalue weighted by Gasteiger charge is 2.27. The van der Waals surface area contributed by atoms with Crippen LogP contribution in [0.5, 0.6) is 0 Å². The molecule has 0 aromatic carbocycles. The van der Waals surface area contributed by atoms with Crippen molar-refractivity contribution in [2.24, 2.45) is 4.99 Å². The van der Waals surface area contributed by atoms with Crippen LogP contribution in [0.15, 0.2) is 23.5 Å². The van der Waals surface area contributed by atoms with Crippen LogP contribution in [0.1, 0.15) is 45.2 Å². The standard InChI is InChI=1S/C20H33N5O2.HI/c1-6-22-18(23-11-8-16-7-10-21-13-15(16)2)25-12-9-17(14-25)24-19(26)27-20(3,4)5;/h7,10,13,17H,6,8-9,11-12,14H2,1-5H3,(H,22,23)(H,24,26);1H. The predicted molar refractivity (Wildman–Crippen MR) is 123 cm³/mol. The fourth-order valence-corrected chi connectivity index (χ4v) is 3.04. The van der Waals surface area contributed by atoms with Crippen molar-refractivity contribution in [1.29, 1.82) is 0 Å². The second-order valence-corrected chi connectivity index (χ2v) is 7.87. The van der Waals surface area contributed by atoms with Crippen molar-refractivity contribution in [2.45, 2.75) is 59.1 Å². The van der Waals surface area contributed by atoms with Gasteiger partial charge in [0, 0.05) is 38.6 Å². The number of rotatable bonds is 5. The summed E-state index contributed by atoms with van der Waals surface area (Å²) < 4.78 is 5.35. The fourth-order valence-electron chi connectivity index (χ4n) is 3.04. The first-order valence-corrected chi connectivity index (χ1v) is 9.70. The van der Waals surface area contributed by atoms with E-state index in [0.29, 0.717) is 6.54 Å². The molecule has 1 fully saturated rings. The molecule has 2 rings (SSSR count). The fraction of sp³-hybridized carbons (Fsp3) is 0.650. The Balaban J connectivity index is 0.00000392. The number of aryl methyl sites for hydroxylation is 1. The van der Waals surface area contributed by atoms with Crippen LogP contribution < -0.4 is 10.6 Å². The van der Waals surface area contributed by atoms with Gasteiger partial charge in [-0.25, -0.2) is 4.79 Å². The van der Waals surface area contributed by atoms with E-state index in [9.17, 15) is 4.79 Å². The Morgan fingerprint density at radius 1 is 1.43 bits per heavy atom. The summed E-state index contributed by atoms with van der Waals surface area (Å²) in [5.74, 6) is 0.901. The number of amides is 1. The van der Waals surface area contributed by atoms with Crippen LogP contribution in [0.25, 0.3) is 0 Å². The zero-order valence-electron chi connectivity index (χ0n) is 17.6. The third kappa shape index (κ3) is 8.20. The maximum atomic E-state index is 12.0. The summed E-state index contributed by atoms with van der Waals surface area (Å²) in [5, 5.41) is 6.32. The Morgan fingerprint density at radius 3 is 2.82 bits per heavy atom. The van der Waals surface area contributed by atoms with Gasteiger partial charge in [0.05, 0.1) is 6.04 Å². The van der Waals surface area contributed by atoms with Gasteiger partial charge >= 0.3 is 6.09 Å². The average molecular weight is 503 g/mol. The molecule has 0 spiro atoms. The number of likely N-dealkylation sites (tertiary alicyclic amines) is 1. The number of nitrogens with one attached hydrogen (secondary N) is 2. The first-order chi connectivity index (χ1) is 12.8. The van der Waals surface area contributed by atoms with Gasteiger partial charge in [-0.3, -0.25) is 9.98 Å². The first-order valence-electron chi connectivity index (χ1n) is 9.70. The summed E-state index contributed by atoms with van der Waals surface area (Å²) >= 11 is 0. The molecular weight excluding hydrogens is 469 g/mol. The number of halogens is 1. The molecule has 1 aliphatic heterocycles. The Kier molecular flexibility index (Phi) is 9.98. The van der Waals surface area contributed by atoms with Crippen molar-refractivity contribution in [2.75, 3.05) is 26.2 Å². The molecule has 0 radical (unpaired) electrons. The number of alkyl carbamates (subject to hydrolysis) is 1. The van der Waals surface area contributed by atoms with E-state index in [0.717, 1.165) is 38.4 Å². The Hall–Kier alpha value is -1.58. The third-order valence-electron chi connectivity index (χ3n) is 4.32. The second-order valence-electron chi connectivity index (χ2n) is 7.87. The number of aliphatic imine (C=N–C) groups is 1. The van der Waals surface area contributed by atoms with Crippen molar-refractivity contribution < 1.29 is 9.53 Å². The van der Waals surface area contributed by atoms with E-state index in [1.165, 1.54) is 11.1 Å². The molecule has 8 heteroatoms. The molecule has 1 aromatic rings. The van der Waals surface area contributed by atoms with Crippen LogP contribution in [-0.2, 0) is 11.2 Å². The first kappa shape index (κ1) is 24.5. The molecule has 0 saturated carbocycles. The molecule has 1 saturated heterocycles. The maximum absolute atomic E-state index is 12.0. The van der Waals surface area contributed by atoms with Crippen molar-refractivity contribution in [3.05, 3.63) is 29.6 Å². The SMILES string of the molecule is CCNC(=NCCc1ccncc1C)N1CCC(NC(=O)OC(C)(C)C)C1.I. The van der Waals surface area contributed by atoms with Gasteiger partial charge in [0.1, 0.15) is 5.60 Å². The summed E-state index contributed by atoms with van der Waals surface area (Å²) in [5.41, 5.74) is 1.99. The summed E-state index contributed by atoms with van der Waals surface area (Å²) in [4.78, 5) is 23.1. The van der Waals surface area contributed by atoms with E-state index in [1.54, 1.807) is 0 Å². The Morgan fingerprint density at radius 2 is 2.18 bits per heavy atom. The van der Waals surface area contributed by atoms with Gasteiger partial charge in [0.2, 0.25) is 0 Å². The van der Waals surface area contributed by atoms with Gasteiger partial charge in [-0.05, 0) is 64.7 Å². The topological polar surface area (TPSA) is 78.9 Å². The normalized spacial score (nSPS) is 17.1. The van der Waals surface area contributed by atoms with Gasteiger partial charge in [0.15, 0.2) is 5.96 Å². The lowest BCUT2D eigenvalue weighted by molar-refractivity contribution is 0.0507. The number of nitrogens with zero attached hydrogens (tertiary/aromatic N) is 3. The zero-order chi connectivity index (χ0) is 19.9. The number of carbonyl (C=O) groups excluding carboxylic acids is 1. The monoisotopic (exact) mass is 503 g/mol. The van der Waals surface area contributed by atoms with Crippen LogP contribution in [0.4, 0.5) is 4.79 Å². The molecule has 28 heavy (non-hydrogen) atoms. The minimum atomic E-state index is -0.482. The van der Waals surface area contributed by atoms with E-state index in [1.807, 2.05) is 33.2 Å². The summed E-state index contributed by atoms with van der Waals surface area (Å²) in [6.07, 6.45) is 5.12. The van der Waals surface area contributed by atoms with E-state index in [2.05, 4.69) is 40.4 Å². The molecular formula is C20H34IN5O2. The molecule has 1 atom stereocenters. The number of guanidine groups is 1. The molecule has 1 aromatic heterocycles. The van der Waals surface area contributed by atoms with Crippen LogP contribution in [0.2, 0.25) is 0 Å². The minimum Gasteiger partial charge on any atom is -0.444 e. The minimum absolute atomic E-state index is 0. The lowest BCUT2D eigenvalue weighted by Gasteiger charge is -2.23. The molecule has 158 valence electrons. The molecule has 1 aliphatic rings. The summed E-state index contributed by atoms with van der Waals surface area (Å²) in [6, 6.07) is 2.13. The van der Waals surface area contributed by atoms with Gasteiger partial charge in [-0.15, -0.1) is 24.0 Å². The molecule has 1 unspecified atom stereocenters. The van der Waals surface area contributed by atoms with Gasteiger partial charge in [0.25, 0.3) is 0 Å². The number of hydrogen-bond acceptors (Lipinski definition) is 4. The third-order valence-corrected chi connectivity index (χ3v) is 4.32. The van der Waals surface area contributed by atoms with Crippen LogP contribution in [-0.4, -0.2) is 59.8 Å². The van der Waals surface area contributed by atoms with E-state index in [-0.39, 0.29) is 36.1 Å². The number of pyridine rings is 1. The molecule has 1 amide bonds. The summed E-state index contributed by atoms with van der Waals surface area (Å²) in [6.45, 7) is 12.9. The highest BCUT2D eigenvalue weighted by atomic mass is 127. The van der Waals surface area contributed by atoms with Crippen LogP contribution in [0, 0.1) is 6.92 Å². The number of ether oxygens (including phenoxy) is 1. The van der Waals surface area contributed by atoms with E-state index >= 15 is 0 Å². The van der Waals surface area contributed by atoms with Crippen molar-refractivity contribution in [3.8, 4) is 0 Å². The van der Waals surface area contributed by atoms with Gasteiger partial charge in [-0.1, -0.05) is 0 Å². The van der Waals surface area contributed by atoms with Gasteiger partial charge < -0.3 is 20.3 Å². The lowest BCUT2D eigenvalue weighted by atomic mass is 10.1. The average Bonchev–Trinajstić information content (AvgIpc) is 3.02. The highest BCUT2D eigenvalue weighted by molar-refractivity contribution is 14.0. The second kappa shape index (κ2) is 11.4. The van der Waals surface area contributed by atoms with Crippen molar-refractivity contribution in [3.63, 3.8) is 0 Å². The molecule has 0 aliphatic carbocycles. The largest absolute Gasteiger partial charge is 0.444 e. The van der Waals surface area contributed by atoms with Gasteiger partial charge in [-0.2, -0.15) is 0 Å². The van der Waals surface area contributed by atoms with Crippen LogP contribution in [0.3, 0.4) is 0 Å². The Bertz CT molecular complexity index is 660. The quantitative estimate of drug-likeness (QED) is 0.367. The predicted octanol–water partition coefficient (Wildman–Crippen LogP) is 3.12. The molecule has 7 nitrogen and oxygen atoms in total. The van der Waals surface area contributed by atoms with E-state index < -0.39 is 5.60 Å². The zero-order valence-corrected chi connectivity index (χ0v) is 19.9. The highest BCUT2D eigenvalue weighted by Crippen LogP contribution is 2.12. The summed E-state index contributed by atoms with van der Waals surface area (Å²) in [7, 11) is 0. The maximum Gasteiger partial charge on any atom is 0.407 e. The van der Waals surface area contributed by atoms with Crippen molar-refractivity contribution >= 4 is 36.0 Å². The smallest absolute Gasteiger partial charge is 0.407 e. The molecule has 0 bridgehead atoms. The van der Waals surface area contributed by atoms with Crippen LogP contribution >= 0.6 is 24.0 Å². The van der Waals surface area contributed by atoms with Crippen molar-refractivity contribution in [1.82, 2.24) is 20.5 Å². The lowest BCUT2D eigenvalue weighted by Crippen LogP contribution is -2.44. The number of carbonyl (C=O) groups is 1. The molecule has 2 heterocycles. The number of aromatic nitrogens is 1.